The van der Waals surface area contributed by atoms with Crippen LogP contribution in [0, 0.1) is 0 Å². The summed E-state index contributed by atoms with van der Waals surface area (Å²) in [5.74, 6) is 0.455. The molecule has 3 heterocycles. The maximum Gasteiger partial charge on any atom is 0.329 e. The van der Waals surface area contributed by atoms with Crippen molar-refractivity contribution in [3.8, 4) is 0 Å². The number of hydrogen-bond acceptors (Lipinski definition) is 5. The first-order chi connectivity index (χ1) is 9.65. The molecule has 1 amide bonds. The van der Waals surface area contributed by atoms with E-state index in [1.807, 2.05) is 5.38 Å². The standard InChI is InChI=1S/C12H11N5O2S/c1-16(12(19)17-4-3-13-7-17)6-9-14-8-2-5-20-10(8)11(18)15-9/h2-5,7H,6H2,1H3,(H,14,15,18). The molecule has 7 nitrogen and oxygen atoms in total. The predicted octanol–water partition coefficient (Wildman–Crippen LogP) is 1.28. The van der Waals surface area contributed by atoms with E-state index in [-0.39, 0.29) is 18.1 Å². The topological polar surface area (TPSA) is 83.9 Å². The molecule has 0 aliphatic rings. The van der Waals surface area contributed by atoms with Crippen molar-refractivity contribution in [2.45, 2.75) is 6.54 Å². The predicted molar refractivity (Wildman–Crippen MR) is 74.7 cm³/mol. The van der Waals surface area contributed by atoms with Gasteiger partial charge in [-0.2, -0.15) is 0 Å². The van der Waals surface area contributed by atoms with E-state index in [0.29, 0.717) is 16.0 Å². The molecule has 0 spiro atoms. The quantitative estimate of drug-likeness (QED) is 0.770. The van der Waals surface area contributed by atoms with Gasteiger partial charge in [-0.25, -0.2) is 14.8 Å². The number of nitrogens with zero attached hydrogens (tertiary/aromatic N) is 4. The highest BCUT2D eigenvalue weighted by Crippen LogP contribution is 2.14. The molecule has 8 heteroatoms. The SMILES string of the molecule is CN(Cc1nc2ccsc2c(=O)[nH]1)C(=O)n1ccnc1. The molecule has 0 bridgehead atoms. The normalized spacial score (nSPS) is 10.8. The van der Waals surface area contributed by atoms with Gasteiger partial charge < -0.3 is 9.88 Å². The van der Waals surface area contributed by atoms with Crippen LogP contribution in [0.3, 0.4) is 0 Å². The van der Waals surface area contributed by atoms with Gasteiger partial charge in [0.25, 0.3) is 5.56 Å². The number of rotatable bonds is 2. The molecular weight excluding hydrogens is 278 g/mol. The number of hydrogen-bond donors (Lipinski definition) is 1. The Balaban J connectivity index is 1.85. The van der Waals surface area contributed by atoms with E-state index in [0.717, 1.165) is 0 Å². The fourth-order valence-corrected chi connectivity index (χ4v) is 2.58. The number of carbonyl (C=O) groups is 1. The molecule has 0 aromatic carbocycles. The van der Waals surface area contributed by atoms with E-state index in [1.165, 1.54) is 33.3 Å². The van der Waals surface area contributed by atoms with Gasteiger partial charge in [-0.3, -0.25) is 9.36 Å². The van der Waals surface area contributed by atoms with Crippen molar-refractivity contribution in [2.24, 2.45) is 0 Å². The van der Waals surface area contributed by atoms with E-state index in [2.05, 4.69) is 15.0 Å². The Morgan fingerprint density at radius 1 is 1.55 bits per heavy atom. The van der Waals surface area contributed by atoms with Gasteiger partial charge in [-0.15, -0.1) is 11.3 Å². The zero-order valence-electron chi connectivity index (χ0n) is 10.6. The van der Waals surface area contributed by atoms with Gasteiger partial charge >= 0.3 is 6.03 Å². The lowest BCUT2D eigenvalue weighted by atomic mass is 10.4. The average Bonchev–Trinajstić information content (AvgIpc) is 3.08. The smallest absolute Gasteiger partial charge is 0.320 e. The van der Waals surface area contributed by atoms with E-state index < -0.39 is 0 Å². The molecule has 3 aromatic rings. The van der Waals surface area contributed by atoms with Crippen LogP contribution >= 0.6 is 11.3 Å². The maximum atomic E-state index is 12.0. The summed E-state index contributed by atoms with van der Waals surface area (Å²) in [5, 5.41) is 1.82. The van der Waals surface area contributed by atoms with E-state index in [9.17, 15) is 9.59 Å². The molecule has 0 atom stereocenters. The average molecular weight is 289 g/mol. The Labute approximate surface area is 117 Å². The van der Waals surface area contributed by atoms with Crippen molar-refractivity contribution in [2.75, 3.05) is 7.05 Å². The number of amides is 1. The van der Waals surface area contributed by atoms with Crippen molar-refractivity contribution in [3.05, 3.63) is 46.3 Å². The number of aromatic nitrogens is 4. The van der Waals surface area contributed by atoms with Gasteiger partial charge in [0.2, 0.25) is 0 Å². The van der Waals surface area contributed by atoms with Crippen LogP contribution in [0.2, 0.25) is 0 Å². The van der Waals surface area contributed by atoms with Crippen LogP contribution in [0.15, 0.2) is 35.0 Å². The second kappa shape index (κ2) is 4.89. The van der Waals surface area contributed by atoms with Crippen molar-refractivity contribution >= 4 is 27.6 Å². The zero-order valence-corrected chi connectivity index (χ0v) is 11.4. The molecule has 0 unspecified atom stereocenters. The van der Waals surface area contributed by atoms with Crippen molar-refractivity contribution < 1.29 is 4.79 Å². The first-order valence-electron chi connectivity index (χ1n) is 5.85. The highest BCUT2D eigenvalue weighted by Gasteiger charge is 2.13. The summed E-state index contributed by atoms with van der Waals surface area (Å²) in [6.45, 7) is 0.220. The Hall–Kier alpha value is -2.48. The number of thiophene rings is 1. The Morgan fingerprint density at radius 3 is 3.15 bits per heavy atom. The highest BCUT2D eigenvalue weighted by atomic mass is 32.1. The first-order valence-corrected chi connectivity index (χ1v) is 6.73. The lowest BCUT2D eigenvalue weighted by molar-refractivity contribution is 0.207. The van der Waals surface area contributed by atoms with Gasteiger partial charge in [0.1, 0.15) is 16.9 Å². The van der Waals surface area contributed by atoms with Gasteiger partial charge in [0.15, 0.2) is 0 Å². The molecule has 0 aliphatic heterocycles. The summed E-state index contributed by atoms with van der Waals surface area (Å²) < 4.78 is 1.96. The van der Waals surface area contributed by atoms with Gasteiger partial charge in [0, 0.05) is 19.4 Å². The zero-order chi connectivity index (χ0) is 14.1. The van der Waals surface area contributed by atoms with Crippen LogP contribution in [0.25, 0.3) is 10.2 Å². The number of aromatic amines is 1. The fraction of sp³-hybridized carbons (Fsp3) is 0.167. The third-order valence-corrected chi connectivity index (χ3v) is 3.71. The fourth-order valence-electron chi connectivity index (χ4n) is 1.86. The Morgan fingerprint density at radius 2 is 2.40 bits per heavy atom. The Kier molecular flexibility index (Phi) is 3.07. The second-order valence-corrected chi connectivity index (χ2v) is 5.17. The highest BCUT2D eigenvalue weighted by molar-refractivity contribution is 7.17. The molecule has 0 saturated heterocycles. The first kappa shape index (κ1) is 12.5. The molecule has 0 fully saturated rings. The number of fused-ring (bicyclic) bond motifs is 1. The van der Waals surface area contributed by atoms with Crippen LogP contribution in [-0.4, -0.2) is 37.5 Å². The summed E-state index contributed by atoms with van der Waals surface area (Å²) in [5.41, 5.74) is 0.473. The third kappa shape index (κ3) is 2.21. The maximum absolute atomic E-state index is 12.0. The van der Waals surface area contributed by atoms with Crippen LogP contribution in [0.5, 0.6) is 0 Å². The van der Waals surface area contributed by atoms with Gasteiger partial charge in [0.05, 0.1) is 12.1 Å². The molecule has 0 radical (unpaired) electrons. The van der Waals surface area contributed by atoms with Crippen LogP contribution < -0.4 is 5.56 Å². The van der Waals surface area contributed by atoms with E-state index in [1.54, 1.807) is 19.3 Å². The van der Waals surface area contributed by atoms with Crippen molar-refractivity contribution in [1.29, 1.82) is 0 Å². The molecule has 1 N–H and O–H groups in total. The van der Waals surface area contributed by atoms with Crippen LogP contribution in [0.1, 0.15) is 5.82 Å². The molecule has 20 heavy (non-hydrogen) atoms. The summed E-state index contributed by atoms with van der Waals surface area (Å²) in [4.78, 5) is 36.2. The minimum absolute atomic E-state index is 0.177. The summed E-state index contributed by atoms with van der Waals surface area (Å²) in [6, 6.07) is 1.55. The van der Waals surface area contributed by atoms with Crippen molar-refractivity contribution in [3.63, 3.8) is 0 Å². The van der Waals surface area contributed by atoms with Crippen molar-refractivity contribution in [1.82, 2.24) is 24.4 Å². The van der Waals surface area contributed by atoms with Gasteiger partial charge in [-0.1, -0.05) is 0 Å². The lowest BCUT2D eigenvalue weighted by Crippen LogP contribution is -2.31. The van der Waals surface area contributed by atoms with E-state index >= 15 is 0 Å². The lowest BCUT2D eigenvalue weighted by Gasteiger charge is -2.16. The number of H-pyrrole nitrogens is 1. The molecule has 0 saturated carbocycles. The molecule has 3 rings (SSSR count). The number of imidazole rings is 1. The second-order valence-electron chi connectivity index (χ2n) is 4.26. The molecule has 3 aromatic heterocycles. The summed E-state index contributed by atoms with van der Waals surface area (Å²) in [7, 11) is 1.64. The molecule has 0 aliphatic carbocycles. The molecular formula is C12H11N5O2S. The number of carbonyl (C=O) groups excluding carboxylic acids is 1. The summed E-state index contributed by atoms with van der Waals surface area (Å²) >= 11 is 1.35. The van der Waals surface area contributed by atoms with Gasteiger partial charge in [-0.05, 0) is 11.4 Å². The monoisotopic (exact) mass is 289 g/mol. The van der Waals surface area contributed by atoms with Crippen LogP contribution in [0.4, 0.5) is 4.79 Å². The minimum Gasteiger partial charge on any atom is -0.320 e. The minimum atomic E-state index is -0.240. The van der Waals surface area contributed by atoms with E-state index in [4.69, 9.17) is 0 Å². The largest absolute Gasteiger partial charge is 0.329 e. The van der Waals surface area contributed by atoms with Crippen LogP contribution in [-0.2, 0) is 6.54 Å². The third-order valence-electron chi connectivity index (χ3n) is 2.80. The Bertz CT molecular complexity index is 805. The molecule has 102 valence electrons. The number of nitrogens with one attached hydrogen (secondary N) is 1. The summed E-state index contributed by atoms with van der Waals surface area (Å²) in [6.07, 6.45) is 4.53.